The lowest BCUT2D eigenvalue weighted by Crippen LogP contribution is -2.34. The van der Waals surface area contributed by atoms with Gasteiger partial charge in [-0.15, -0.1) is 0 Å². The van der Waals surface area contributed by atoms with Gasteiger partial charge in [-0.3, -0.25) is 4.79 Å². The van der Waals surface area contributed by atoms with E-state index in [1.54, 1.807) is 0 Å². The second-order valence-electron chi connectivity index (χ2n) is 6.12. The Hall–Kier alpha value is -2.15. The molecule has 1 heterocycles. The first-order valence-electron chi connectivity index (χ1n) is 8.10. The molecule has 2 N–H and O–H groups in total. The molecule has 0 bridgehead atoms. The number of aromatic nitrogens is 2. The summed E-state index contributed by atoms with van der Waals surface area (Å²) < 4.78 is 24.6. The van der Waals surface area contributed by atoms with Gasteiger partial charge in [-0.25, -0.2) is 13.4 Å². The average molecular weight is 347 g/mol. The van der Waals surface area contributed by atoms with Crippen LogP contribution in [0, 0.1) is 5.92 Å². The molecule has 1 aromatic heterocycles. The maximum Gasteiger partial charge on any atom is 0.236 e. The minimum absolute atomic E-state index is 0.128. The number of carbonyl (C=O) groups excluding carboxylic acids is 1. The van der Waals surface area contributed by atoms with Gasteiger partial charge in [-0.05, 0) is 30.7 Å². The molecule has 128 valence electrons. The summed E-state index contributed by atoms with van der Waals surface area (Å²) in [7, 11) is -3.76. The first kappa shape index (κ1) is 16.7. The summed E-state index contributed by atoms with van der Waals surface area (Å²) in [5.74, 6) is -0.709. The van der Waals surface area contributed by atoms with Crippen molar-refractivity contribution in [1.82, 2.24) is 15.3 Å². The number of nitrogens with zero attached hydrogens (tertiary/aromatic N) is 1. The highest BCUT2D eigenvalue weighted by molar-refractivity contribution is 7.91. The Labute approximate surface area is 141 Å². The fourth-order valence-electron chi connectivity index (χ4n) is 2.70. The summed E-state index contributed by atoms with van der Waals surface area (Å²) in [5.41, 5.74) is 1.74. The summed E-state index contributed by atoms with van der Waals surface area (Å²) in [6.45, 7) is 1.90. The molecule has 1 unspecified atom stereocenters. The van der Waals surface area contributed by atoms with Gasteiger partial charge in [0.15, 0.2) is 0 Å². The molecule has 7 heteroatoms. The van der Waals surface area contributed by atoms with Crippen LogP contribution in [0.15, 0.2) is 41.7 Å². The van der Waals surface area contributed by atoms with Crippen LogP contribution in [0.25, 0.3) is 0 Å². The summed E-state index contributed by atoms with van der Waals surface area (Å²) in [6, 6.07) is 9.54. The van der Waals surface area contributed by atoms with Crippen molar-refractivity contribution in [2.45, 2.75) is 37.4 Å². The van der Waals surface area contributed by atoms with Gasteiger partial charge in [0.25, 0.3) is 0 Å². The molecule has 0 radical (unpaired) electrons. The molecule has 24 heavy (non-hydrogen) atoms. The van der Waals surface area contributed by atoms with Crippen LogP contribution < -0.4 is 5.32 Å². The van der Waals surface area contributed by atoms with Gasteiger partial charge < -0.3 is 10.3 Å². The summed E-state index contributed by atoms with van der Waals surface area (Å²) in [5, 5.41) is 2.74. The third-order valence-corrected chi connectivity index (χ3v) is 5.61. The van der Waals surface area contributed by atoms with Crippen molar-refractivity contribution in [2.24, 2.45) is 5.92 Å². The van der Waals surface area contributed by atoms with Crippen LogP contribution in [-0.2, 0) is 21.1 Å². The lowest BCUT2D eigenvalue weighted by Gasteiger charge is -2.18. The Morgan fingerprint density at radius 2 is 2.04 bits per heavy atom. The number of aryl methyl sites for hydroxylation is 1. The molecule has 6 nitrogen and oxygen atoms in total. The van der Waals surface area contributed by atoms with E-state index in [1.807, 2.05) is 37.3 Å². The topological polar surface area (TPSA) is 91.9 Å². The van der Waals surface area contributed by atoms with Crippen LogP contribution in [-0.4, -0.2) is 30.0 Å². The molecule has 1 aliphatic rings. The maximum atomic E-state index is 12.3. The smallest absolute Gasteiger partial charge is 0.236 e. The van der Waals surface area contributed by atoms with E-state index in [2.05, 4.69) is 15.3 Å². The molecule has 1 aliphatic carbocycles. The number of amides is 1. The summed E-state index contributed by atoms with van der Waals surface area (Å²) in [4.78, 5) is 18.9. The largest absolute Gasteiger partial charge is 0.348 e. The van der Waals surface area contributed by atoms with Crippen LogP contribution in [0.4, 0.5) is 0 Å². The van der Waals surface area contributed by atoms with E-state index in [0.717, 1.165) is 24.1 Å². The van der Waals surface area contributed by atoms with E-state index < -0.39 is 21.5 Å². The van der Waals surface area contributed by atoms with Gasteiger partial charge in [0.05, 0.1) is 6.04 Å². The molecular weight excluding hydrogens is 326 g/mol. The van der Waals surface area contributed by atoms with Crippen molar-refractivity contribution in [3.05, 3.63) is 47.8 Å². The molecular formula is C17H21N3O3S. The molecule has 1 fully saturated rings. The number of aromatic amines is 1. The SMILES string of the molecule is CCc1cnc(S(=O)(=O)CC(=O)NC(c2ccccc2)C2CC2)[nH]1. The van der Waals surface area contributed by atoms with E-state index >= 15 is 0 Å². The minimum Gasteiger partial charge on any atom is -0.348 e. The van der Waals surface area contributed by atoms with Gasteiger partial charge in [0.2, 0.25) is 20.9 Å². The summed E-state index contributed by atoms with van der Waals surface area (Å²) >= 11 is 0. The monoisotopic (exact) mass is 347 g/mol. The Kier molecular flexibility index (Phi) is 4.71. The highest BCUT2D eigenvalue weighted by Crippen LogP contribution is 2.40. The molecule has 1 saturated carbocycles. The van der Waals surface area contributed by atoms with Crippen molar-refractivity contribution < 1.29 is 13.2 Å². The van der Waals surface area contributed by atoms with Crippen LogP contribution in [0.3, 0.4) is 0 Å². The van der Waals surface area contributed by atoms with Crippen molar-refractivity contribution in [1.29, 1.82) is 0 Å². The van der Waals surface area contributed by atoms with Crippen molar-refractivity contribution in [2.75, 3.05) is 5.75 Å². The normalized spacial score (nSPS) is 15.9. The highest BCUT2D eigenvalue weighted by atomic mass is 32.2. The van der Waals surface area contributed by atoms with Gasteiger partial charge in [0.1, 0.15) is 5.75 Å². The highest BCUT2D eigenvalue weighted by Gasteiger charge is 2.34. The van der Waals surface area contributed by atoms with Gasteiger partial charge >= 0.3 is 0 Å². The zero-order valence-electron chi connectivity index (χ0n) is 13.5. The minimum atomic E-state index is -3.76. The van der Waals surface area contributed by atoms with E-state index in [0.29, 0.717) is 12.3 Å². The molecule has 1 atom stereocenters. The fourth-order valence-corrected chi connectivity index (χ4v) is 3.76. The second-order valence-corrected chi connectivity index (χ2v) is 8.02. The van der Waals surface area contributed by atoms with Crippen molar-refractivity contribution >= 4 is 15.7 Å². The van der Waals surface area contributed by atoms with E-state index in [9.17, 15) is 13.2 Å². The molecule has 1 amide bonds. The predicted octanol–water partition coefficient (Wildman–Crippen LogP) is 2.01. The Morgan fingerprint density at radius 1 is 1.33 bits per heavy atom. The second kappa shape index (κ2) is 6.76. The number of H-pyrrole nitrogens is 1. The number of carbonyl (C=O) groups is 1. The Balaban J connectivity index is 1.69. The van der Waals surface area contributed by atoms with E-state index in [4.69, 9.17) is 0 Å². The summed E-state index contributed by atoms with van der Waals surface area (Å²) in [6.07, 6.45) is 4.24. The number of imidazole rings is 1. The molecule has 0 spiro atoms. The number of nitrogens with one attached hydrogen (secondary N) is 2. The number of hydrogen-bond acceptors (Lipinski definition) is 4. The van der Waals surface area contributed by atoms with Gasteiger partial charge in [-0.2, -0.15) is 0 Å². The molecule has 0 saturated heterocycles. The quantitative estimate of drug-likeness (QED) is 0.801. The van der Waals surface area contributed by atoms with E-state index in [-0.39, 0.29) is 11.2 Å². The van der Waals surface area contributed by atoms with Gasteiger partial charge in [-0.1, -0.05) is 37.3 Å². The van der Waals surface area contributed by atoms with Crippen LogP contribution >= 0.6 is 0 Å². The Morgan fingerprint density at radius 3 is 2.62 bits per heavy atom. The van der Waals surface area contributed by atoms with E-state index in [1.165, 1.54) is 6.20 Å². The number of hydrogen-bond donors (Lipinski definition) is 2. The van der Waals surface area contributed by atoms with Crippen LogP contribution in [0.1, 0.15) is 37.1 Å². The predicted molar refractivity (Wildman–Crippen MR) is 90.1 cm³/mol. The van der Waals surface area contributed by atoms with Crippen molar-refractivity contribution in [3.63, 3.8) is 0 Å². The molecule has 2 aromatic rings. The van der Waals surface area contributed by atoms with Gasteiger partial charge in [0, 0.05) is 11.9 Å². The number of rotatable bonds is 7. The zero-order valence-corrected chi connectivity index (χ0v) is 14.3. The Bertz CT molecular complexity index is 811. The maximum absolute atomic E-state index is 12.3. The average Bonchev–Trinajstić information content (AvgIpc) is 3.28. The molecule has 0 aliphatic heterocycles. The lowest BCUT2D eigenvalue weighted by molar-refractivity contribution is -0.119. The third-order valence-electron chi connectivity index (χ3n) is 4.17. The third kappa shape index (κ3) is 3.84. The first-order valence-corrected chi connectivity index (χ1v) is 9.76. The van der Waals surface area contributed by atoms with Crippen LogP contribution in [0.5, 0.6) is 0 Å². The first-order chi connectivity index (χ1) is 11.5. The fraction of sp³-hybridized carbons (Fsp3) is 0.412. The molecule has 3 rings (SSSR count). The number of sulfone groups is 1. The van der Waals surface area contributed by atoms with Crippen molar-refractivity contribution in [3.8, 4) is 0 Å². The standard InChI is InChI=1S/C17H21N3O3S/c1-2-14-10-18-17(19-14)24(22,23)11-15(21)20-16(13-8-9-13)12-6-4-3-5-7-12/h3-7,10,13,16H,2,8-9,11H2,1H3,(H,18,19)(H,20,21). The molecule has 1 aromatic carbocycles. The van der Waals surface area contributed by atoms with Crippen LogP contribution in [0.2, 0.25) is 0 Å². The zero-order chi connectivity index (χ0) is 17.2. The number of benzene rings is 1. The lowest BCUT2D eigenvalue weighted by atomic mass is 10.0.